The van der Waals surface area contributed by atoms with Crippen molar-refractivity contribution in [2.24, 2.45) is 0 Å². The molecule has 0 spiro atoms. The summed E-state index contributed by atoms with van der Waals surface area (Å²) in [7, 11) is 0. The Bertz CT molecular complexity index is 1540. The number of anilines is 1. The Morgan fingerprint density at radius 3 is 2.54 bits per heavy atom. The number of hydrogen-bond donors (Lipinski definition) is 1. The lowest BCUT2D eigenvalue weighted by Crippen LogP contribution is -2.13. The van der Waals surface area contributed by atoms with Crippen molar-refractivity contribution < 1.29 is 4.79 Å². The van der Waals surface area contributed by atoms with Crippen LogP contribution >= 0.6 is 0 Å². The van der Waals surface area contributed by atoms with Gasteiger partial charge in [-0.2, -0.15) is 10.2 Å². The fraction of sp³-hybridized carbons (Fsp3) is 0.214. The second-order valence-electron chi connectivity index (χ2n) is 8.80. The molecule has 5 rings (SSSR count). The molecule has 0 bridgehead atoms. The Labute approximate surface area is 204 Å². The number of hydrogen-bond acceptors (Lipinski definition) is 4. The Kier molecular flexibility index (Phi) is 5.91. The van der Waals surface area contributed by atoms with Gasteiger partial charge in [0.25, 0.3) is 5.91 Å². The van der Waals surface area contributed by atoms with Gasteiger partial charge in [-0.15, -0.1) is 0 Å². The number of pyridine rings is 1. The van der Waals surface area contributed by atoms with Gasteiger partial charge in [-0.25, -0.2) is 4.98 Å². The Balaban J connectivity index is 1.48. The molecule has 3 heterocycles. The van der Waals surface area contributed by atoms with E-state index in [4.69, 9.17) is 4.98 Å². The monoisotopic (exact) mass is 464 g/mol. The molecule has 0 aliphatic heterocycles. The highest BCUT2D eigenvalue weighted by Crippen LogP contribution is 2.27. The Morgan fingerprint density at radius 1 is 0.971 bits per heavy atom. The maximum absolute atomic E-state index is 13.5. The maximum Gasteiger partial charge on any atom is 0.256 e. The van der Waals surface area contributed by atoms with Gasteiger partial charge in [0.2, 0.25) is 0 Å². The molecule has 0 saturated heterocycles. The molecule has 3 aromatic heterocycles. The van der Waals surface area contributed by atoms with Gasteiger partial charge in [0.1, 0.15) is 0 Å². The van der Waals surface area contributed by atoms with Gasteiger partial charge >= 0.3 is 0 Å². The van der Waals surface area contributed by atoms with Gasteiger partial charge in [0, 0.05) is 35.1 Å². The number of benzene rings is 2. The summed E-state index contributed by atoms with van der Waals surface area (Å²) in [6.07, 6.45) is 1.98. The van der Waals surface area contributed by atoms with E-state index < -0.39 is 0 Å². The Morgan fingerprint density at radius 2 is 1.80 bits per heavy atom. The van der Waals surface area contributed by atoms with Crippen molar-refractivity contribution >= 4 is 22.5 Å². The molecule has 2 aromatic carbocycles. The van der Waals surface area contributed by atoms with E-state index in [9.17, 15) is 4.79 Å². The van der Waals surface area contributed by atoms with E-state index >= 15 is 0 Å². The first-order chi connectivity index (χ1) is 16.9. The molecule has 1 N–H and O–H groups in total. The van der Waals surface area contributed by atoms with E-state index in [1.807, 2.05) is 97.9 Å². The van der Waals surface area contributed by atoms with Crippen LogP contribution in [0.25, 0.3) is 22.2 Å². The van der Waals surface area contributed by atoms with Crippen molar-refractivity contribution in [3.63, 3.8) is 0 Å². The third-order valence-electron chi connectivity index (χ3n) is 6.13. The minimum absolute atomic E-state index is 0.173. The lowest BCUT2D eigenvalue weighted by molar-refractivity contribution is 0.102. The fourth-order valence-corrected chi connectivity index (χ4v) is 4.39. The fourth-order valence-electron chi connectivity index (χ4n) is 4.39. The minimum atomic E-state index is -0.173. The molecule has 0 atom stereocenters. The lowest BCUT2D eigenvalue weighted by Gasteiger charge is -2.12. The molecule has 0 fully saturated rings. The zero-order valence-corrected chi connectivity index (χ0v) is 20.4. The number of nitrogens with zero attached hydrogens (tertiary/aromatic N) is 5. The average molecular weight is 465 g/mol. The third-order valence-corrected chi connectivity index (χ3v) is 6.13. The molecular weight excluding hydrogens is 436 g/mol. The third kappa shape index (κ3) is 4.57. The van der Waals surface area contributed by atoms with Gasteiger partial charge in [-0.3, -0.25) is 14.2 Å². The first-order valence-corrected chi connectivity index (χ1v) is 11.8. The molecule has 35 heavy (non-hydrogen) atoms. The minimum Gasteiger partial charge on any atom is -0.322 e. The molecule has 5 aromatic rings. The van der Waals surface area contributed by atoms with Crippen molar-refractivity contribution in [1.29, 1.82) is 0 Å². The SMILES string of the molecule is CCn1cc(-c2cc(C(=O)Nc3cccc(Cn4nc(C)cc4C)c3)c3ccccc3n2)c(C)n1. The van der Waals surface area contributed by atoms with Crippen LogP contribution in [-0.2, 0) is 13.1 Å². The summed E-state index contributed by atoms with van der Waals surface area (Å²) in [5, 5.41) is 13.0. The summed E-state index contributed by atoms with van der Waals surface area (Å²) in [6, 6.07) is 19.5. The number of carbonyl (C=O) groups excluding carboxylic acids is 1. The van der Waals surface area contributed by atoms with E-state index in [1.54, 1.807) is 0 Å². The molecule has 176 valence electrons. The number of aromatic nitrogens is 5. The molecule has 0 unspecified atom stereocenters. The number of aryl methyl sites for hydroxylation is 4. The van der Waals surface area contributed by atoms with Crippen LogP contribution < -0.4 is 5.32 Å². The highest BCUT2D eigenvalue weighted by Gasteiger charge is 2.17. The van der Waals surface area contributed by atoms with Gasteiger partial charge in [0.05, 0.1) is 34.7 Å². The molecule has 0 aliphatic rings. The number of amides is 1. The van der Waals surface area contributed by atoms with Crippen LogP contribution in [0.15, 0.2) is 66.9 Å². The molecule has 7 nitrogen and oxygen atoms in total. The molecule has 0 radical (unpaired) electrons. The smallest absolute Gasteiger partial charge is 0.256 e. The number of rotatable bonds is 6. The van der Waals surface area contributed by atoms with E-state index in [0.717, 1.165) is 57.0 Å². The van der Waals surface area contributed by atoms with Crippen LogP contribution in [0.3, 0.4) is 0 Å². The van der Waals surface area contributed by atoms with E-state index in [1.165, 1.54) is 0 Å². The average Bonchev–Trinajstić information content (AvgIpc) is 3.38. The molecule has 0 saturated carbocycles. The van der Waals surface area contributed by atoms with Gasteiger partial charge < -0.3 is 5.32 Å². The highest BCUT2D eigenvalue weighted by atomic mass is 16.1. The molecule has 1 amide bonds. The van der Waals surface area contributed by atoms with E-state index in [0.29, 0.717) is 12.1 Å². The standard InChI is InChI=1S/C28H28N6O/c1-5-33-17-25(20(4)32-33)27-15-24(23-11-6-7-12-26(23)30-27)28(35)29-22-10-8-9-21(14-22)16-34-19(3)13-18(2)31-34/h6-15,17H,5,16H2,1-4H3,(H,29,35). The Hall–Kier alpha value is -4.26. The van der Waals surface area contributed by atoms with Gasteiger partial charge in [0.15, 0.2) is 0 Å². The maximum atomic E-state index is 13.5. The normalized spacial score (nSPS) is 11.2. The second kappa shape index (κ2) is 9.18. The summed E-state index contributed by atoms with van der Waals surface area (Å²) in [4.78, 5) is 18.3. The van der Waals surface area contributed by atoms with Crippen LogP contribution in [0.5, 0.6) is 0 Å². The highest BCUT2D eigenvalue weighted by molar-refractivity contribution is 6.13. The van der Waals surface area contributed by atoms with Crippen molar-refractivity contribution in [2.75, 3.05) is 5.32 Å². The molecule has 7 heteroatoms. The first kappa shape index (κ1) is 22.5. The molecule has 0 aliphatic carbocycles. The van der Waals surface area contributed by atoms with E-state index in [2.05, 4.69) is 21.6 Å². The number of carbonyl (C=O) groups is 1. The van der Waals surface area contributed by atoms with Crippen molar-refractivity contribution in [3.05, 3.63) is 95.1 Å². The summed E-state index contributed by atoms with van der Waals surface area (Å²) in [5.74, 6) is -0.173. The van der Waals surface area contributed by atoms with E-state index in [-0.39, 0.29) is 5.91 Å². The quantitative estimate of drug-likeness (QED) is 0.358. The van der Waals surface area contributed by atoms with Gasteiger partial charge in [-0.1, -0.05) is 30.3 Å². The van der Waals surface area contributed by atoms with Crippen LogP contribution in [0.2, 0.25) is 0 Å². The first-order valence-electron chi connectivity index (χ1n) is 11.8. The van der Waals surface area contributed by atoms with Crippen LogP contribution in [-0.4, -0.2) is 30.5 Å². The number of fused-ring (bicyclic) bond motifs is 1. The van der Waals surface area contributed by atoms with Crippen LogP contribution in [0.4, 0.5) is 5.69 Å². The topological polar surface area (TPSA) is 77.6 Å². The van der Waals surface area contributed by atoms with Crippen LogP contribution in [0, 0.1) is 20.8 Å². The van der Waals surface area contributed by atoms with Crippen molar-refractivity contribution in [2.45, 2.75) is 40.8 Å². The molecular formula is C28H28N6O. The summed E-state index contributed by atoms with van der Waals surface area (Å²) in [6.45, 7) is 9.46. The van der Waals surface area contributed by atoms with Crippen molar-refractivity contribution in [3.8, 4) is 11.3 Å². The largest absolute Gasteiger partial charge is 0.322 e. The zero-order valence-electron chi connectivity index (χ0n) is 20.4. The predicted octanol–water partition coefficient (Wildman–Crippen LogP) is 5.54. The van der Waals surface area contributed by atoms with Crippen molar-refractivity contribution in [1.82, 2.24) is 24.5 Å². The van der Waals surface area contributed by atoms with Crippen LogP contribution in [0.1, 0.15) is 39.9 Å². The summed E-state index contributed by atoms with van der Waals surface area (Å²) < 4.78 is 3.85. The second-order valence-corrected chi connectivity index (χ2v) is 8.80. The lowest BCUT2D eigenvalue weighted by atomic mass is 10.0. The summed E-state index contributed by atoms with van der Waals surface area (Å²) in [5.41, 5.74) is 7.82. The van der Waals surface area contributed by atoms with Gasteiger partial charge in [-0.05, 0) is 63.6 Å². The number of para-hydroxylation sites is 1. The zero-order chi connectivity index (χ0) is 24.5. The predicted molar refractivity (Wildman–Crippen MR) is 139 cm³/mol. The summed E-state index contributed by atoms with van der Waals surface area (Å²) >= 11 is 0. The number of nitrogens with one attached hydrogen (secondary N) is 1.